The van der Waals surface area contributed by atoms with E-state index in [9.17, 15) is 10.5 Å². The zero-order chi connectivity index (χ0) is 19.4. The summed E-state index contributed by atoms with van der Waals surface area (Å²) in [4.78, 5) is 8.66. The predicted molar refractivity (Wildman–Crippen MR) is 99.8 cm³/mol. The van der Waals surface area contributed by atoms with Gasteiger partial charge in [0.1, 0.15) is 12.0 Å². The van der Waals surface area contributed by atoms with Gasteiger partial charge in [0.2, 0.25) is 0 Å². The van der Waals surface area contributed by atoms with E-state index in [1.807, 2.05) is 38.5 Å². The minimum atomic E-state index is -0.532. The quantitative estimate of drug-likeness (QED) is 0.776. The van der Waals surface area contributed by atoms with Crippen molar-refractivity contribution < 1.29 is 9.31 Å². The molecule has 0 bridgehead atoms. The average Bonchev–Trinajstić information content (AvgIpc) is 3.06. The molecule has 1 saturated heterocycles. The summed E-state index contributed by atoms with van der Waals surface area (Å²) in [6.07, 6.45) is 6.88. The predicted octanol–water partition coefficient (Wildman–Crippen LogP) is 2.27. The van der Waals surface area contributed by atoms with E-state index in [0.717, 1.165) is 16.5 Å². The molecule has 1 aliphatic heterocycles. The second-order valence-corrected chi connectivity index (χ2v) is 8.60. The molecule has 138 valence electrons. The summed E-state index contributed by atoms with van der Waals surface area (Å²) < 4.78 is 14.5. The highest BCUT2D eigenvalue weighted by Crippen LogP contribution is 2.47. The first kappa shape index (κ1) is 18.0. The van der Waals surface area contributed by atoms with Crippen molar-refractivity contribution in [2.45, 2.75) is 63.7 Å². The maximum atomic E-state index is 9.39. The Hall–Kier alpha value is -2.42. The SMILES string of the molecule is CC1(C)OB(c2cn([C@]3(CC#N)C[C@@H](C#N)C3)c3ncncc23)OC1(C)C. The summed E-state index contributed by atoms with van der Waals surface area (Å²) in [5.74, 6) is -0.0297. The van der Waals surface area contributed by atoms with Crippen LogP contribution in [-0.4, -0.2) is 32.9 Å². The van der Waals surface area contributed by atoms with Gasteiger partial charge >= 0.3 is 7.12 Å². The van der Waals surface area contributed by atoms with Crippen molar-refractivity contribution in [3.8, 4) is 12.1 Å². The second kappa shape index (κ2) is 5.79. The second-order valence-electron chi connectivity index (χ2n) is 8.60. The molecule has 0 atom stereocenters. The normalized spacial score (nSPS) is 28.5. The van der Waals surface area contributed by atoms with Crippen LogP contribution in [0.25, 0.3) is 11.0 Å². The van der Waals surface area contributed by atoms with Crippen LogP contribution in [0.4, 0.5) is 0 Å². The van der Waals surface area contributed by atoms with Crippen LogP contribution in [0.2, 0.25) is 0 Å². The van der Waals surface area contributed by atoms with E-state index in [-0.39, 0.29) is 5.92 Å². The monoisotopic (exact) mass is 363 g/mol. The van der Waals surface area contributed by atoms with Crippen LogP contribution in [-0.2, 0) is 14.8 Å². The number of aromatic nitrogens is 3. The van der Waals surface area contributed by atoms with Crippen molar-refractivity contribution in [3.05, 3.63) is 18.7 Å². The molecule has 4 rings (SSSR count). The Bertz CT molecular complexity index is 962. The average molecular weight is 363 g/mol. The number of nitrogens with zero attached hydrogens (tertiary/aromatic N) is 5. The molecule has 0 spiro atoms. The lowest BCUT2D eigenvalue weighted by Gasteiger charge is -2.45. The van der Waals surface area contributed by atoms with E-state index in [1.165, 1.54) is 6.33 Å². The first-order valence-electron chi connectivity index (χ1n) is 9.17. The molecule has 1 saturated carbocycles. The van der Waals surface area contributed by atoms with Gasteiger partial charge in [-0.15, -0.1) is 0 Å². The third-order valence-corrected chi connectivity index (χ3v) is 6.36. The van der Waals surface area contributed by atoms with Crippen LogP contribution in [0.3, 0.4) is 0 Å². The van der Waals surface area contributed by atoms with Gasteiger partial charge < -0.3 is 13.9 Å². The number of hydrogen-bond acceptors (Lipinski definition) is 6. The Balaban J connectivity index is 1.82. The Kier molecular flexibility index (Phi) is 3.85. The summed E-state index contributed by atoms with van der Waals surface area (Å²) in [6, 6.07) is 4.60. The molecule has 7 nitrogen and oxygen atoms in total. The highest BCUT2D eigenvalue weighted by Gasteiger charge is 2.53. The van der Waals surface area contributed by atoms with Crippen LogP contribution in [0, 0.1) is 28.6 Å². The fourth-order valence-electron chi connectivity index (χ4n) is 4.03. The summed E-state index contributed by atoms with van der Waals surface area (Å²) in [7, 11) is -0.532. The van der Waals surface area contributed by atoms with Crippen LogP contribution < -0.4 is 5.46 Å². The molecule has 2 aromatic rings. The third kappa shape index (κ3) is 2.55. The highest BCUT2D eigenvalue weighted by molar-refractivity contribution is 6.65. The number of rotatable bonds is 3. The van der Waals surface area contributed by atoms with E-state index >= 15 is 0 Å². The molecule has 8 heteroatoms. The molecule has 0 N–H and O–H groups in total. The molecule has 0 unspecified atom stereocenters. The van der Waals surface area contributed by atoms with Crippen molar-refractivity contribution in [1.82, 2.24) is 14.5 Å². The largest absolute Gasteiger partial charge is 0.497 e. The van der Waals surface area contributed by atoms with Crippen molar-refractivity contribution in [1.29, 1.82) is 10.5 Å². The smallest absolute Gasteiger partial charge is 0.399 e. The Morgan fingerprint density at radius 1 is 1.22 bits per heavy atom. The fourth-order valence-corrected chi connectivity index (χ4v) is 4.03. The van der Waals surface area contributed by atoms with E-state index in [1.54, 1.807) is 6.20 Å². The topological polar surface area (TPSA) is 96.8 Å². The molecular formula is C19H22BN5O2. The summed E-state index contributed by atoms with van der Waals surface area (Å²) >= 11 is 0. The van der Waals surface area contributed by atoms with Crippen molar-refractivity contribution in [2.75, 3.05) is 0 Å². The zero-order valence-electron chi connectivity index (χ0n) is 16.1. The molecule has 0 amide bonds. The molecule has 2 fully saturated rings. The summed E-state index contributed by atoms with van der Waals surface area (Å²) in [5.41, 5.74) is 0.301. The Morgan fingerprint density at radius 2 is 1.89 bits per heavy atom. The van der Waals surface area contributed by atoms with Gasteiger partial charge in [0, 0.05) is 23.2 Å². The number of fused-ring (bicyclic) bond motifs is 1. The molecular weight excluding hydrogens is 341 g/mol. The van der Waals surface area contributed by atoms with Gasteiger partial charge in [0.25, 0.3) is 0 Å². The van der Waals surface area contributed by atoms with E-state index in [0.29, 0.717) is 19.3 Å². The minimum absolute atomic E-state index is 0.0297. The Labute approximate surface area is 159 Å². The maximum absolute atomic E-state index is 9.39. The lowest BCUT2D eigenvalue weighted by Crippen LogP contribution is -2.46. The van der Waals surface area contributed by atoms with Gasteiger partial charge in [-0.25, -0.2) is 9.97 Å². The van der Waals surface area contributed by atoms with Gasteiger partial charge in [0.05, 0.1) is 41.2 Å². The molecule has 2 aliphatic rings. The van der Waals surface area contributed by atoms with Gasteiger partial charge in [-0.2, -0.15) is 10.5 Å². The maximum Gasteiger partial charge on any atom is 0.497 e. The minimum Gasteiger partial charge on any atom is -0.399 e. The van der Waals surface area contributed by atoms with Crippen LogP contribution in [0.15, 0.2) is 18.7 Å². The van der Waals surface area contributed by atoms with Gasteiger partial charge in [-0.05, 0) is 40.5 Å². The fraction of sp³-hybridized carbons (Fsp3) is 0.579. The Morgan fingerprint density at radius 3 is 2.48 bits per heavy atom. The molecule has 3 heterocycles. The zero-order valence-corrected chi connectivity index (χ0v) is 16.1. The third-order valence-electron chi connectivity index (χ3n) is 6.36. The molecule has 2 aromatic heterocycles. The highest BCUT2D eigenvalue weighted by atomic mass is 16.7. The first-order chi connectivity index (χ1) is 12.7. The van der Waals surface area contributed by atoms with Crippen LogP contribution in [0.1, 0.15) is 47.0 Å². The van der Waals surface area contributed by atoms with Gasteiger partial charge in [0.15, 0.2) is 0 Å². The van der Waals surface area contributed by atoms with E-state index in [2.05, 4.69) is 22.1 Å². The van der Waals surface area contributed by atoms with Gasteiger partial charge in [-0.3, -0.25) is 0 Å². The number of hydrogen-bond donors (Lipinski definition) is 0. The van der Waals surface area contributed by atoms with E-state index < -0.39 is 23.9 Å². The molecule has 1 aliphatic carbocycles. The van der Waals surface area contributed by atoms with Crippen LogP contribution >= 0.6 is 0 Å². The number of nitriles is 2. The van der Waals surface area contributed by atoms with Crippen molar-refractivity contribution in [3.63, 3.8) is 0 Å². The molecule has 27 heavy (non-hydrogen) atoms. The van der Waals surface area contributed by atoms with Crippen molar-refractivity contribution in [2.24, 2.45) is 5.92 Å². The van der Waals surface area contributed by atoms with Crippen molar-refractivity contribution >= 4 is 23.6 Å². The molecule has 0 aromatic carbocycles. The molecule has 0 radical (unpaired) electrons. The summed E-state index contributed by atoms with van der Waals surface area (Å²) in [6.45, 7) is 8.07. The lowest BCUT2D eigenvalue weighted by atomic mass is 9.67. The van der Waals surface area contributed by atoms with E-state index in [4.69, 9.17) is 9.31 Å². The lowest BCUT2D eigenvalue weighted by molar-refractivity contribution is 0.00578. The standard InChI is InChI=1S/C19H22BN5O2/c1-17(2)18(3,4)27-20(26-17)15-11-25(16-14(15)10-23-12-24-16)19(5-6-21)7-13(8-19)9-22/h10-13H,5,7-8H2,1-4H3/t13-,19-. The summed E-state index contributed by atoms with van der Waals surface area (Å²) in [5, 5.41) is 19.5. The van der Waals surface area contributed by atoms with Crippen LogP contribution in [0.5, 0.6) is 0 Å². The first-order valence-corrected chi connectivity index (χ1v) is 9.17. The van der Waals surface area contributed by atoms with Gasteiger partial charge in [-0.1, -0.05) is 0 Å².